The number of nitrogens with two attached hydrogens (primary N) is 3. The van der Waals surface area contributed by atoms with E-state index in [2.05, 4.69) is 20.6 Å². The fourth-order valence-corrected chi connectivity index (χ4v) is 2.64. The van der Waals surface area contributed by atoms with Crippen molar-refractivity contribution >= 4 is 33.8 Å². The summed E-state index contributed by atoms with van der Waals surface area (Å²) in [4.78, 5) is 4.25. The van der Waals surface area contributed by atoms with Crippen LogP contribution in [0.2, 0.25) is 0 Å². The fraction of sp³-hybridized carbons (Fsp3) is 0.0556. The number of hydrogen-bond acceptors (Lipinski definition) is 7. The molecule has 9 nitrogen and oxygen atoms in total. The number of phenolic OH excluding ortho intramolecular Hbond substituents is 1. The van der Waals surface area contributed by atoms with Gasteiger partial charge in [0.1, 0.15) is 5.75 Å². The number of anilines is 1. The Hall–Kier alpha value is -2.94. The second-order valence-corrected chi connectivity index (χ2v) is 6.37. The first kappa shape index (κ1) is 24.1. The Morgan fingerprint density at radius 1 is 1.07 bits per heavy atom. The van der Waals surface area contributed by atoms with Gasteiger partial charge in [-0.25, -0.2) is 10.8 Å². The van der Waals surface area contributed by atoms with E-state index in [1.54, 1.807) is 43.3 Å². The molecule has 0 aliphatic carbocycles. The predicted molar refractivity (Wildman–Crippen MR) is 115 cm³/mol. The molecule has 9 N–H and O–H groups in total. The molecule has 3 rings (SSSR count). The van der Waals surface area contributed by atoms with Gasteiger partial charge in [-0.05, 0) is 36.8 Å². The van der Waals surface area contributed by atoms with Crippen LogP contribution in [0.5, 0.6) is 5.75 Å². The number of hydrogen-bond donors (Lipinski definition) is 5. The molecular weight excluding hydrogens is 560 g/mol. The van der Waals surface area contributed by atoms with Gasteiger partial charge in [0.15, 0.2) is 5.13 Å². The van der Waals surface area contributed by atoms with E-state index in [4.69, 9.17) is 28.2 Å². The van der Waals surface area contributed by atoms with Crippen molar-refractivity contribution in [3.63, 3.8) is 0 Å². The third-order valence-corrected chi connectivity index (χ3v) is 4.18. The number of nitrogens with zero attached hydrogens (tertiary/aromatic N) is 3. The molecule has 0 spiro atoms. The van der Waals surface area contributed by atoms with Crippen molar-refractivity contribution in [2.45, 2.75) is 6.92 Å². The number of guanidine groups is 1. The third kappa shape index (κ3) is 7.90. The minimum Gasteiger partial charge on any atom is -0.699 e. The Bertz CT molecular complexity index is 951. The average molecular weight is 581 g/mol. The Kier molecular flexibility index (Phi) is 9.81. The number of phenols is 1. The summed E-state index contributed by atoms with van der Waals surface area (Å²) in [6.07, 6.45) is 0. The van der Waals surface area contributed by atoms with Crippen molar-refractivity contribution in [3.8, 4) is 17.0 Å². The van der Waals surface area contributed by atoms with Crippen molar-refractivity contribution in [1.29, 1.82) is 0 Å². The number of nitrogen functional groups attached to an aromatic ring is 1. The van der Waals surface area contributed by atoms with Gasteiger partial charge in [-0.15, -0.1) is 22.1 Å². The normalized spacial score (nSPS) is 10.2. The SMILES string of the molecule is C/C(=N\N=C(N)N)c1ccc(O)cc1.[NH-]c1ccc(-c2csc(NN)n2)cc1.[W]. The van der Waals surface area contributed by atoms with E-state index in [0.29, 0.717) is 16.5 Å². The molecule has 29 heavy (non-hydrogen) atoms. The summed E-state index contributed by atoms with van der Waals surface area (Å²) in [5.74, 6) is 5.36. The van der Waals surface area contributed by atoms with Crippen LogP contribution in [0.4, 0.5) is 10.8 Å². The summed E-state index contributed by atoms with van der Waals surface area (Å²) in [6, 6.07) is 13.8. The van der Waals surface area contributed by atoms with Crippen molar-refractivity contribution in [3.05, 3.63) is 65.2 Å². The first-order valence-corrected chi connectivity index (χ1v) is 8.93. The molecule has 0 aliphatic heterocycles. The summed E-state index contributed by atoms with van der Waals surface area (Å²) >= 11 is 1.45. The fourth-order valence-electron chi connectivity index (χ4n) is 2.01. The van der Waals surface area contributed by atoms with Gasteiger partial charge in [0, 0.05) is 32.0 Å². The quantitative estimate of drug-likeness (QED) is 0.137. The number of nitrogens with one attached hydrogen (secondary N) is 2. The number of benzene rings is 2. The second-order valence-electron chi connectivity index (χ2n) is 5.52. The Balaban J connectivity index is 0.000000280. The molecule has 0 aliphatic rings. The van der Waals surface area contributed by atoms with Gasteiger partial charge in [0.05, 0.1) is 11.4 Å². The molecule has 0 saturated carbocycles. The summed E-state index contributed by atoms with van der Waals surface area (Å²) in [5, 5.41) is 19.0. The maximum Gasteiger partial charge on any atom is 0.211 e. The molecule has 1 aromatic heterocycles. The molecule has 2 aromatic carbocycles. The van der Waals surface area contributed by atoms with Crippen LogP contribution in [0.15, 0.2) is 64.1 Å². The molecule has 0 amide bonds. The van der Waals surface area contributed by atoms with Gasteiger partial charge >= 0.3 is 0 Å². The zero-order chi connectivity index (χ0) is 20.5. The molecule has 11 heteroatoms. The maximum absolute atomic E-state index is 9.05. The van der Waals surface area contributed by atoms with Crippen molar-refractivity contribution in [2.75, 3.05) is 5.43 Å². The molecule has 3 aromatic rings. The molecule has 0 bridgehead atoms. The minimum atomic E-state index is -0.0804. The molecule has 0 fully saturated rings. The van der Waals surface area contributed by atoms with Gasteiger partial charge in [0.25, 0.3) is 0 Å². The molecule has 0 atom stereocenters. The monoisotopic (exact) mass is 581 g/mol. The summed E-state index contributed by atoms with van der Waals surface area (Å²) < 4.78 is 0. The maximum atomic E-state index is 9.05. The van der Waals surface area contributed by atoms with E-state index in [-0.39, 0.29) is 32.8 Å². The summed E-state index contributed by atoms with van der Waals surface area (Å²) in [7, 11) is 0. The predicted octanol–water partition coefficient (Wildman–Crippen LogP) is 3.17. The van der Waals surface area contributed by atoms with Crippen LogP contribution in [0, 0.1) is 0 Å². The number of aromatic hydroxyl groups is 1. The van der Waals surface area contributed by atoms with Gasteiger partial charge in [-0.1, -0.05) is 24.3 Å². The number of hydrazine groups is 1. The van der Waals surface area contributed by atoms with Crippen molar-refractivity contribution < 1.29 is 26.2 Å². The van der Waals surface area contributed by atoms with Crippen LogP contribution in [0.1, 0.15) is 12.5 Å². The number of thiazole rings is 1. The second kappa shape index (κ2) is 11.8. The van der Waals surface area contributed by atoms with E-state index in [1.165, 1.54) is 11.3 Å². The Morgan fingerprint density at radius 2 is 1.69 bits per heavy atom. The van der Waals surface area contributed by atoms with E-state index in [1.807, 2.05) is 17.5 Å². The van der Waals surface area contributed by atoms with Gasteiger partial charge in [0.2, 0.25) is 5.96 Å². The molecule has 0 saturated heterocycles. The molecule has 152 valence electrons. The van der Waals surface area contributed by atoms with E-state index >= 15 is 0 Å². The van der Waals surface area contributed by atoms with Gasteiger partial charge in [-0.3, -0.25) is 5.43 Å². The topological polar surface area (TPSA) is 172 Å². The van der Waals surface area contributed by atoms with Crippen molar-refractivity contribution in [1.82, 2.24) is 4.98 Å². The summed E-state index contributed by atoms with van der Waals surface area (Å²) in [6.45, 7) is 1.78. The Morgan fingerprint density at radius 3 is 2.21 bits per heavy atom. The molecule has 1 heterocycles. The van der Waals surface area contributed by atoms with Crippen LogP contribution in [0.25, 0.3) is 17.0 Å². The minimum absolute atomic E-state index is 0. The van der Waals surface area contributed by atoms with Gasteiger partial charge in [-0.2, -0.15) is 5.10 Å². The van der Waals surface area contributed by atoms with E-state index in [0.717, 1.165) is 16.8 Å². The standard InChI is InChI=1S/C9H12N4O.C9H9N4S.W/c1-6(12-13-9(10)11)7-2-4-8(14)5-3-7;10-7-3-1-6(2-4-7)8-5-14-9(12-8)13-11;/h2-5,14H,1H3,(H4,10,11,13);1-5,10H,11H2,(H,12,13);/q;-1;/b12-6+;;. The van der Waals surface area contributed by atoms with Crippen LogP contribution in [-0.4, -0.2) is 21.8 Å². The number of aromatic nitrogens is 1. The first-order chi connectivity index (χ1) is 13.4. The zero-order valence-electron chi connectivity index (χ0n) is 15.5. The molecule has 0 unspecified atom stereocenters. The molecular formula is C18H21N8OSW-. The Labute approximate surface area is 186 Å². The number of rotatable bonds is 4. The third-order valence-electron chi connectivity index (χ3n) is 3.41. The zero-order valence-corrected chi connectivity index (χ0v) is 19.3. The summed E-state index contributed by atoms with van der Waals surface area (Å²) in [5.41, 5.74) is 24.0. The largest absolute Gasteiger partial charge is 0.699 e. The van der Waals surface area contributed by atoms with E-state index < -0.39 is 0 Å². The van der Waals surface area contributed by atoms with Crippen molar-refractivity contribution in [2.24, 2.45) is 27.5 Å². The van der Waals surface area contributed by atoms with E-state index in [9.17, 15) is 0 Å². The average Bonchev–Trinajstić information content (AvgIpc) is 3.17. The van der Waals surface area contributed by atoms with Crippen LogP contribution in [-0.2, 0) is 21.1 Å². The molecule has 0 radical (unpaired) electrons. The van der Waals surface area contributed by atoms with Crippen LogP contribution < -0.4 is 22.7 Å². The van der Waals surface area contributed by atoms with Crippen LogP contribution >= 0.6 is 11.3 Å². The smallest absolute Gasteiger partial charge is 0.211 e. The first-order valence-electron chi connectivity index (χ1n) is 8.06. The van der Waals surface area contributed by atoms with Crippen LogP contribution in [0.3, 0.4) is 0 Å². The van der Waals surface area contributed by atoms with Gasteiger partial charge < -0.3 is 22.3 Å².